The molecule has 3 aromatic rings. The molecule has 6 heteroatoms. The molecule has 5 nitrogen and oxygen atoms in total. The minimum absolute atomic E-state index is 0.0640. The summed E-state index contributed by atoms with van der Waals surface area (Å²) in [6, 6.07) is 9.85. The monoisotopic (exact) mass is 327 g/mol. The van der Waals surface area contributed by atoms with Gasteiger partial charge in [0.15, 0.2) is 0 Å². The van der Waals surface area contributed by atoms with E-state index in [1.165, 1.54) is 0 Å². The lowest BCUT2D eigenvalue weighted by atomic mass is 10.1. The number of aryl methyl sites for hydroxylation is 3. The molecule has 0 bridgehead atoms. The summed E-state index contributed by atoms with van der Waals surface area (Å²) < 4.78 is 5.19. The van der Waals surface area contributed by atoms with Crippen LogP contribution < -0.4 is 5.32 Å². The fraction of sp³-hybridized carbons (Fsp3) is 0.235. The first kappa shape index (κ1) is 15.4. The average Bonchev–Trinajstić information content (AvgIpc) is 3.15. The molecule has 0 saturated heterocycles. The number of hydrogen-bond acceptors (Lipinski definition) is 5. The van der Waals surface area contributed by atoms with E-state index < -0.39 is 0 Å². The topological polar surface area (TPSA) is 68.0 Å². The van der Waals surface area contributed by atoms with Crippen molar-refractivity contribution in [3.63, 3.8) is 0 Å². The first-order valence-electron chi connectivity index (χ1n) is 7.35. The molecule has 0 fully saturated rings. The Balaban J connectivity index is 1.57. The van der Waals surface area contributed by atoms with Crippen LogP contribution in [-0.2, 0) is 11.2 Å². The van der Waals surface area contributed by atoms with E-state index in [4.69, 9.17) is 4.52 Å². The van der Waals surface area contributed by atoms with E-state index in [1.807, 2.05) is 43.5 Å². The van der Waals surface area contributed by atoms with Crippen LogP contribution in [0.2, 0.25) is 0 Å². The number of thiophene rings is 1. The van der Waals surface area contributed by atoms with Crippen molar-refractivity contribution in [3.8, 4) is 10.7 Å². The Bertz CT molecular complexity index is 789. The van der Waals surface area contributed by atoms with E-state index in [1.54, 1.807) is 11.3 Å². The Morgan fingerprint density at radius 3 is 2.74 bits per heavy atom. The number of carbonyl (C=O) groups is 1. The zero-order valence-electron chi connectivity index (χ0n) is 13.0. The Kier molecular flexibility index (Phi) is 4.52. The molecule has 0 atom stereocenters. The molecule has 1 N–H and O–H groups in total. The standard InChI is InChI=1S/C17H17N3O2S/c1-11-8-12(2)10-13(9-11)18-15(21)5-6-16-19-17(20-22-16)14-4-3-7-23-14/h3-4,7-10H,5-6H2,1-2H3,(H,18,21). The first-order chi connectivity index (χ1) is 11.1. The van der Waals surface area contributed by atoms with Gasteiger partial charge in [-0.15, -0.1) is 11.3 Å². The molecule has 1 aromatic carbocycles. The summed E-state index contributed by atoms with van der Waals surface area (Å²) in [5.41, 5.74) is 3.06. The molecule has 0 aliphatic heterocycles. The summed E-state index contributed by atoms with van der Waals surface area (Å²) in [5.74, 6) is 0.986. The van der Waals surface area contributed by atoms with Crippen molar-refractivity contribution in [2.45, 2.75) is 26.7 Å². The van der Waals surface area contributed by atoms with E-state index in [9.17, 15) is 4.79 Å². The van der Waals surface area contributed by atoms with Crippen molar-refractivity contribution >= 4 is 22.9 Å². The Hall–Kier alpha value is -2.47. The van der Waals surface area contributed by atoms with Crippen LogP contribution in [0.3, 0.4) is 0 Å². The maximum absolute atomic E-state index is 12.0. The third-order valence-electron chi connectivity index (χ3n) is 3.28. The molecule has 3 rings (SSSR count). The van der Waals surface area contributed by atoms with Gasteiger partial charge in [0.05, 0.1) is 4.88 Å². The number of anilines is 1. The van der Waals surface area contributed by atoms with Gasteiger partial charge in [0, 0.05) is 18.5 Å². The zero-order chi connectivity index (χ0) is 16.2. The number of amides is 1. The summed E-state index contributed by atoms with van der Waals surface area (Å²) >= 11 is 1.55. The van der Waals surface area contributed by atoms with E-state index in [0.29, 0.717) is 24.6 Å². The smallest absolute Gasteiger partial charge is 0.227 e. The van der Waals surface area contributed by atoms with Crippen LogP contribution in [0.4, 0.5) is 5.69 Å². The van der Waals surface area contributed by atoms with Gasteiger partial charge in [-0.05, 0) is 48.6 Å². The van der Waals surface area contributed by atoms with Crippen LogP contribution >= 0.6 is 11.3 Å². The van der Waals surface area contributed by atoms with Crippen molar-refractivity contribution in [1.82, 2.24) is 10.1 Å². The van der Waals surface area contributed by atoms with Gasteiger partial charge in [-0.1, -0.05) is 17.3 Å². The number of nitrogens with one attached hydrogen (secondary N) is 1. The Labute approximate surface area is 138 Å². The van der Waals surface area contributed by atoms with Crippen LogP contribution in [0.5, 0.6) is 0 Å². The van der Waals surface area contributed by atoms with Gasteiger partial charge in [-0.2, -0.15) is 4.98 Å². The minimum atomic E-state index is -0.0640. The van der Waals surface area contributed by atoms with Crippen LogP contribution in [0, 0.1) is 13.8 Å². The molecular formula is C17H17N3O2S. The van der Waals surface area contributed by atoms with Gasteiger partial charge < -0.3 is 9.84 Å². The number of carbonyl (C=O) groups excluding carboxylic acids is 1. The fourth-order valence-corrected chi connectivity index (χ4v) is 3.00. The summed E-state index contributed by atoms with van der Waals surface area (Å²) in [7, 11) is 0. The van der Waals surface area contributed by atoms with E-state index >= 15 is 0 Å². The zero-order valence-corrected chi connectivity index (χ0v) is 13.8. The second-order valence-electron chi connectivity index (χ2n) is 5.41. The van der Waals surface area contributed by atoms with E-state index in [2.05, 4.69) is 21.5 Å². The van der Waals surface area contributed by atoms with Crippen LogP contribution in [0.25, 0.3) is 10.7 Å². The Morgan fingerprint density at radius 1 is 1.26 bits per heavy atom. The van der Waals surface area contributed by atoms with Crippen LogP contribution in [-0.4, -0.2) is 16.0 Å². The number of benzene rings is 1. The van der Waals surface area contributed by atoms with Crippen molar-refractivity contribution in [3.05, 3.63) is 52.7 Å². The van der Waals surface area contributed by atoms with Gasteiger partial charge in [0.1, 0.15) is 0 Å². The highest BCUT2D eigenvalue weighted by atomic mass is 32.1. The number of hydrogen-bond donors (Lipinski definition) is 1. The molecule has 2 aromatic heterocycles. The predicted octanol–water partition coefficient (Wildman–Crippen LogP) is 3.99. The molecule has 2 heterocycles. The number of aromatic nitrogens is 2. The molecule has 0 saturated carbocycles. The molecule has 0 aliphatic rings. The molecule has 0 aliphatic carbocycles. The van der Waals surface area contributed by atoms with Crippen LogP contribution in [0.15, 0.2) is 40.2 Å². The fourth-order valence-electron chi connectivity index (χ4n) is 2.35. The summed E-state index contributed by atoms with van der Waals surface area (Å²) in [6.07, 6.45) is 0.730. The lowest BCUT2D eigenvalue weighted by molar-refractivity contribution is -0.116. The summed E-state index contributed by atoms with van der Waals surface area (Å²) in [6.45, 7) is 4.01. The molecule has 0 radical (unpaired) electrons. The van der Waals surface area contributed by atoms with Gasteiger partial charge in [-0.3, -0.25) is 4.79 Å². The maximum Gasteiger partial charge on any atom is 0.227 e. The van der Waals surface area contributed by atoms with Gasteiger partial charge in [-0.25, -0.2) is 0 Å². The van der Waals surface area contributed by atoms with Crippen molar-refractivity contribution in [2.75, 3.05) is 5.32 Å². The lowest BCUT2D eigenvalue weighted by Gasteiger charge is -2.06. The quantitative estimate of drug-likeness (QED) is 0.769. The van der Waals surface area contributed by atoms with Gasteiger partial charge >= 0.3 is 0 Å². The number of rotatable bonds is 5. The van der Waals surface area contributed by atoms with Crippen molar-refractivity contribution < 1.29 is 9.32 Å². The largest absolute Gasteiger partial charge is 0.339 e. The molecule has 0 unspecified atom stereocenters. The highest BCUT2D eigenvalue weighted by molar-refractivity contribution is 7.13. The second kappa shape index (κ2) is 6.75. The summed E-state index contributed by atoms with van der Waals surface area (Å²) in [5, 5.41) is 8.80. The molecule has 0 spiro atoms. The van der Waals surface area contributed by atoms with Crippen LogP contribution in [0.1, 0.15) is 23.4 Å². The first-order valence-corrected chi connectivity index (χ1v) is 8.23. The molecule has 118 valence electrons. The molecule has 23 heavy (non-hydrogen) atoms. The highest BCUT2D eigenvalue weighted by Crippen LogP contribution is 2.21. The molecular weight excluding hydrogens is 310 g/mol. The number of nitrogens with zero attached hydrogens (tertiary/aromatic N) is 2. The maximum atomic E-state index is 12.0. The van der Waals surface area contributed by atoms with E-state index in [-0.39, 0.29) is 5.91 Å². The van der Waals surface area contributed by atoms with Gasteiger partial charge in [0.25, 0.3) is 0 Å². The second-order valence-corrected chi connectivity index (χ2v) is 6.36. The highest BCUT2D eigenvalue weighted by Gasteiger charge is 2.11. The van der Waals surface area contributed by atoms with Crippen molar-refractivity contribution in [2.24, 2.45) is 0 Å². The average molecular weight is 327 g/mol. The minimum Gasteiger partial charge on any atom is -0.339 e. The SMILES string of the molecule is Cc1cc(C)cc(NC(=O)CCc2nc(-c3cccs3)no2)c1. The Morgan fingerprint density at radius 2 is 2.04 bits per heavy atom. The van der Waals surface area contributed by atoms with Gasteiger partial charge in [0.2, 0.25) is 17.6 Å². The normalized spacial score (nSPS) is 10.7. The van der Waals surface area contributed by atoms with E-state index in [0.717, 1.165) is 21.7 Å². The predicted molar refractivity (Wildman–Crippen MR) is 90.5 cm³/mol. The molecule has 1 amide bonds. The summed E-state index contributed by atoms with van der Waals surface area (Å²) in [4.78, 5) is 17.3. The third kappa shape index (κ3) is 4.04. The lowest BCUT2D eigenvalue weighted by Crippen LogP contribution is -2.12. The third-order valence-corrected chi connectivity index (χ3v) is 4.15. The van der Waals surface area contributed by atoms with Crippen molar-refractivity contribution in [1.29, 1.82) is 0 Å².